The first-order valence-corrected chi connectivity index (χ1v) is 5.40. The molecular weight excluding hydrogens is 216 g/mol. The van der Waals surface area contributed by atoms with Gasteiger partial charge in [-0.05, 0) is 23.1 Å². The predicted octanol–water partition coefficient (Wildman–Crippen LogP) is 3.88. The maximum atomic E-state index is 10.7. The monoisotopic (exact) mass is 222 g/mol. The van der Waals surface area contributed by atoms with Crippen LogP contribution in [0.5, 0.6) is 0 Å². The number of thiophene rings is 1. The molecule has 0 fully saturated rings. The lowest BCUT2D eigenvalue weighted by atomic mass is 10.1. The number of rotatable bonds is 2. The molecule has 0 spiro atoms. The third-order valence-electron chi connectivity index (χ3n) is 1.97. The van der Waals surface area contributed by atoms with E-state index in [-0.39, 0.29) is 0 Å². The predicted molar refractivity (Wildman–Crippen MR) is 60.2 cm³/mol. The molecule has 70 valence electrons. The van der Waals surface area contributed by atoms with E-state index >= 15 is 0 Å². The van der Waals surface area contributed by atoms with E-state index < -0.39 is 0 Å². The molecule has 2 aromatic rings. The molecule has 0 aliphatic rings. The molecule has 0 saturated carbocycles. The molecule has 0 amide bonds. The van der Waals surface area contributed by atoms with Gasteiger partial charge in [0, 0.05) is 21.5 Å². The summed E-state index contributed by atoms with van der Waals surface area (Å²) in [6.45, 7) is 0. The summed E-state index contributed by atoms with van der Waals surface area (Å²) in [6.07, 6.45) is 0.875. The zero-order valence-electron chi connectivity index (χ0n) is 7.24. The molecule has 1 nitrogen and oxygen atoms in total. The number of carbonyl (C=O) groups is 1. The van der Waals surface area contributed by atoms with Gasteiger partial charge in [-0.3, -0.25) is 4.79 Å². The van der Waals surface area contributed by atoms with Gasteiger partial charge in [-0.1, -0.05) is 23.7 Å². The van der Waals surface area contributed by atoms with Crippen LogP contribution in [0, 0.1) is 0 Å². The van der Waals surface area contributed by atoms with Crippen LogP contribution in [0.4, 0.5) is 0 Å². The van der Waals surface area contributed by atoms with Gasteiger partial charge < -0.3 is 0 Å². The number of halogens is 1. The summed E-state index contributed by atoms with van der Waals surface area (Å²) >= 11 is 7.31. The van der Waals surface area contributed by atoms with Crippen molar-refractivity contribution in [3.63, 3.8) is 0 Å². The van der Waals surface area contributed by atoms with Gasteiger partial charge >= 0.3 is 0 Å². The molecule has 0 N–H and O–H groups in total. The SMILES string of the molecule is O=Cc1cscc1-c1ccc(Cl)cc1. The summed E-state index contributed by atoms with van der Waals surface area (Å²) in [5, 5.41) is 4.51. The van der Waals surface area contributed by atoms with Crippen molar-refractivity contribution in [3.05, 3.63) is 45.6 Å². The number of hydrogen-bond acceptors (Lipinski definition) is 2. The van der Waals surface area contributed by atoms with E-state index in [0.717, 1.165) is 23.0 Å². The molecule has 0 aliphatic heterocycles. The molecule has 0 aliphatic carbocycles. The quantitative estimate of drug-likeness (QED) is 0.705. The highest BCUT2D eigenvalue weighted by Gasteiger charge is 2.04. The van der Waals surface area contributed by atoms with Gasteiger partial charge in [-0.2, -0.15) is 11.3 Å². The van der Waals surface area contributed by atoms with E-state index in [0.29, 0.717) is 5.02 Å². The average molecular weight is 223 g/mol. The van der Waals surface area contributed by atoms with Gasteiger partial charge in [0.15, 0.2) is 6.29 Å². The third-order valence-corrected chi connectivity index (χ3v) is 2.99. The fraction of sp³-hybridized carbons (Fsp3) is 0. The second-order valence-corrected chi connectivity index (χ2v) is 4.05. The first-order chi connectivity index (χ1) is 6.81. The lowest BCUT2D eigenvalue weighted by Crippen LogP contribution is -1.80. The summed E-state index contributed by atoms with van der Waals surface area (Å²) in [4.78, 5) is 10.7. The van der Waals surface area contributed by atoms with Crippen molar-refractivity contribution in [2.45, 2.75) is 0 Å². The summed E-state index contributed by atoms with van der Waals surface area (Å²) < 4.78 is 0. The van der Waals surface area contributed by atoms with Gasteiger partial charge in [0.1, 0.15) is 0 Å². The van der Waals surface area contributed by atoms with Crippen LogP contribution >= 0.6 is 22.9 Å². The number of hydrogen-bond donors (Lipinski definition) is 0. The second-order valence-electron chi connectivity index (χ2n) is 2.87. The Morgan fingerprint density at radius 1 is 1.14 bits per heavy atom. The minimum Gasteiger partial charge on any atom is -0.298 e. The van der Waals surface area contributed by atoms with E-state index in [1.54, 1.807) is 0 Å². The number of aldehydes is 1. The van der Waals surface area contributed by atoms with E-state index in [1.807, 2.05) is 35.0 Å². The van der Waals surface area contributed by atoms with Crippen molar-refractivity contribution < 1.29 is 4.79 Å². The highest BCUT2D eigenvalue weighted by Crippen LogP contribution is 2.27. The maximum absolute atomic E-state index is 10.7. The Balaban J connectivity index is 2.49. The largest absolute Gasteiger partial charge is 0.298 e. The van der Waals surface area contributed by atoms with Crippen LogP contribution in [0.3, 0.4) is 0 Å². The zero-order chi connectivity index (χ0) is 9.97. The first-order valence-electron chi connectivity index (χ1n) is 4.08. The average Bonchev–Trinajstić information content (AvgIpc) is 2.67. The van der Waals surface area contributed by atoms with E-state index in [2.05, 4.69) is 0 Å². The first kappa shape index (κ1) is 9.44. The van der Waals surface area contributed by atoms with Crippen LogP contribution in [0.2, 0.25) is 5.02 Å². The van der Waals surface area contributed by atoms with Gasteiger partial charge in [0.25, 0.3) is 0 Å². The van der Waals surface area contributed by atoms with Crippen LogP contribution in [-0.4, -0.2) is 6.29 Å². The molecule has 1 aromatic carbocycles. The van der Waals surface area contributed by atoms with Gasteiger partial charge in [-0.25, -0.2) is 0 Å². The molecule has 1 aromatic heterocycles. The Labute approximate surface area is 91.0 Å². The molecular formula is C11H7ClOS. The zero-order valence-corrected chi connectivity index (χ0v) is 8.81. The Kier molecular flexibility index (Phi) is 2.66. The lowest BCUT2D eigenvalue weighted by molar-refractivity contribution is 0.112. The molecule has 0 radical (unpaired) electrons. The van der Waals surface area contributed by atoms with Crippen LogP contribution in [-0.2, 0) is 0 Å². The fourth-order valence-electron chi connectivity index (χ4n) is 1.26. The van der Waals surface area contributed by atoms with Crippen LogP contribution in [0.25, 0.3) is 11.1 Å². The Morgan fingerprint density at radius 3 is 2.50 bits per heavy atom. The van der Waals surface area contributed by atoms with Crippen molar-refractivity contribution in [1.29, 1.82) is 0 Å². The highest BCUT2D eigenvalue weighted by atomic mass is 35.5. The summed E-state index contributed by atoms with van der Waals surface area (Å²) in [6, 6.07) is 7.47. The Morgan fingerprint density at radius 2 is 1.86 bits per heavy atom. The van der Waals surface area contributed by atoms with E-state index in [4.69, 9.17) is 11.6 Å². The number of benzene rings is 1. The molecule has 14 heavy (non-hydrogen) atoms. The summed E-state index contributed by atoms with van der Waals surface area (Å²) in [7, 11) is 0. The van der Waals surface area contributed by atoms with Crippen molar-refractivity contribution in [3.8, 4) is 11.1 Å². The highest BCUT2D eigenvalue weighted by molar-refractivity contribution is 7.08. The van der Waals surface area contributed by atoms with Crippen molar-refractivity contribution >= 4 is 29.2 Å². The third kappa shape index (κ3) is 1.72. The summed E-state index contributed by atoms with van der Waals surface area (Å²) in [5.74, 6) is 0. The van der Waals surface area contributed by atoms with E-state index in [9.17, 15) is 4.79 Å². The number of carbonyl (C=O) groups excluding carboxylic acids is 1. The van der Waals surface area contributed by atoms with Crippen molar-refractivity contribution in [2.24, 2.45) is 0 Å². The van der Waals surface area contributed by atoms with Crippen molar-refractivity contribution in [1.82, 2.24) is 0 Å². The summed E-state index contributed by atoms with van der Waals surface area (Å²) in [5.41, 5.74) is 2.73. The van der Waals surface area contributed by atoms with Gasteiger partial charge in [0.05, 0.1) is 0 Å². The van der Waals surface area contributed by atoms with Gasteiger partial charge in [-0.15, -0.1) is 0 Å². The topological polar surface area (TPSA) is 17.1 Å². The smallest absolute Gasteiger partial charge is 0.151 e. The van der Waals surface area contributed by atoms with Crippen LogP contribution in [0.15, 0.2) is 35.0 Å². The van der Waals surface area contributed by atoms with Crippen LogP contribution < -0.4 is 0 Å². The molecule has 3 heteroatoms. The van der Waals surface area contributed by atoms with Gasteiger partial charge in [0.2, 0.25) is 0 Å². The van der Waals surface area contributed by atoms with E-state index in [1.165, 1.54) is 11.3 Å². The standard InChI is InChI=1S/C11H7ClOS/c12-10-3-1-8(2-4-10)11-7-14-6-9(11)5-13/h1-7H. The maximum Gasteiger partial charge on any atom is 0.151 e. The molecule has 0 atom stereocenters. The molecule has 1 heterocycles. The minimum absolute atomic E-state index is 0.705. The molecule has 0 saturated heterocycles. The van der Waals surface area contributed by atoms with Crippen LogP contribution in [0.1, 0.15) is 10.4 Å². The minimum atomic E-state index is 0.705. The second kappa shape index (κ2) is 3.95. The Bertz CT molecular complexity index is 445. The normalized spacial score (nSPS) is 10.1. The molecule has 0 bridgehead atoms. The fourth-order valence-corrected chi connectivity index (χ4v) is 2.19. The Hall–Kier alpha value is -1.12. The molecule has 0 unspecified atom stereocenters. The molecule has 2 rings (SSSR count). The van der Waals surface area contributed by atoms with Crippen molar-refractivity contribution in [2.75, 3.05) is 0 Å². The lowest BCUT2D eigenvalue weighted by Gasteiger charge is -1.98.